The van der Waals surface area contributed by atoms with Gasteiger partial charge in [-0.3, -0.25) is 4.79 Å². The van der Waals surface area contributed by atoms with Crippen molar-refractivity contribution >= 4 is 51.2 Å². The summed E-state index contributed by atoms with van der Waals surface area (Å²) in [5.74, 6) is -0.721. The zero-order valence-corrected chi connectivity index (χ0v) is 20.2. The molecule has 0 saturated heterocycles. The molecule has 1 unspecified atom stereocenters. The SMILES string of the molecule is CC(=O)OCOC(=O)COc1ccc(C2=C(Br)P(=O)(c3ccccc3)c3ccccc32)cc1. The first-order chi connectivity index (χ1) is 15.9. The van der Waals surface area contributed by atoms with Crippen LogP contribution < -0.4 is 15.3 Å². The normalized spacial score (nSPS) is 16.8. The van der Waals surface area contributed by atoms with Gasteiger partial charge < -0.3 is 18.8 Å². The van der Waals surface area contributed by atoms with Crippen molar-refractivity contribution in [3.63, 3.8) is 0 Å². The van der Waals surface area contributed by atoms with E-state index in [2.05, 4.69) is 20.7 Å². The Morgan fingerprint density at radius 2 is 1.55 bits per heavy atom. The first-order valence-electron chi connectivity index (χ1n) is 10.1. The van der Waals surface area contributed by atoms with Gasteiger partial charge in [0.15, 0.2) is 13.7 Å². The maximum Gasteiger partial charge on any atom is 0.347 e. The molecular weight excluding hydrogens is 507 g/mol. The van der Waals surface area contributed by atoms with Gasteiger partial charge >= 0.3 is 11.9 Å². The molecule has 0 aromatic heterocycles. The fourth-order valence-electron chi connectivity index (χ4n) is 3.58. The van der Waals surface area contributed by atoms with Crippen molar-refractivity contribution in [1.82, 2.24) is 0 Å². The van der Waals surface area contributed by atoms with E-state index in [4.69, 9.17) is 9.47 Å². The molecule has 0 fully saturated rings. The predicted octanol–water partition coefficient (Wildman–Crippen LogP) is 4.57. The molecule has 1 heterocycles. The van der Waals surface area contributed by atoms with Gasteiger partial charge in [-0.05, 0) is 39.2 Å². The minimum atomic E-state index is -3.01. The van der Waals surface area contributed by atoms with Gasteiger partial charge in [0.2, 0.25) is 6.79 Å². The second-order valence-electron chi connectivity index (χ2n) is 7.21. The van der Waals surface area contributed by atoms with E-state index in [0.29, 0.717) is 9.97 Å². The smallest absolute Gasteiger partial charge is 0.347 e. The van der Waals surface area contributed by atoms with E-state index >= 15 is 0 Å². The Morgan fingerprint density at radius 3 is 2.24 bits per heavy atom. The number of rotatable bonds is 7. The van der Waals surface area contributed by atoms with Crippen molar-refractivity contribution in [2.75, 3.05) is 13.4 Å². The standard InChI is InChI=1S/C25H20BrO6P/c1-17(27)31-16-32-23(28)15-30-19-13-11-18(12-14-19)24-21-9-5-6-10-22(21)33(29,25(24)26)20-7-3-2-4-8-20/h2-14H,15-16H2,1H3. The lowest BCUT2D eigenvalue weighted by molar-refractivity contribution is -0.167. The minimum absolute atomic E-state index is 0.320. The van der Waals surface area contributed by atoms with E-state index in [9.17, 15) is 14.2 Å². The van der Waals surface area contributed by atoms with E-state index in [1.807, 2.05) is 66.7 Å². The van der Waals surface area contributed by atoms with Crippen LogP contribution in [0.15, 0.2) is 83.1 Å². The number of fused-ring (bicyclic) bond motifs is 1. The van der Waals surface area contributed by atoms with Crippen LogP contribution in [-0.4, -0.2) is 25.3 Å². The molecule has 3 aromatic carbocycles. The van der Waals surface area contributed by atoms with E-state index in [1.54, 1.807) is 12.1 Å². The number of ether oxygens (including phenoxy) is 3. The zero-order chi connectivity index (χ0) is 23.4. The van der Waals surface area contributed by atoms with Crippen LogP contribution in [0.3, 0.4) is 0 Å². The third kappa shape index (κ3) is 4.65. The molecule has 1 aliphatic rings. The quantitative estimate of drug-likeness (QED) is 0.255. The largest absolute Gasteiger partial charge is 0.482 e. The Balaban J connectivity index is 1.57. The van der Waals surface area contributed by atoms with Gasteiger partial charge in [0.05, 0.1) is 4.22 Å². The second kappa shape index (κ2) is 9.77. The van der Waals surface area contributed by atoms with Crippen LogP contribution in [0.5, 0.6) is 5.75 Å². The summed E-state index contributed by atoms with van der Waals surface area (Å²) in [5.41, 5.74) is 2.65. The highest BCUT2D eigenvalue weighted by atomic mass is 79.9. The van der Waals surface area contributed by atoms with Crippen molar-refractivity contribution in [2.24, 2.45) is 0 Å². The molecule has 0 bridgehead atoms. The Hall–Kier alpha value is -3.15. The third-order valence-electron chi connectivity index (χ3n) is 5.10. The average Bonchev–Trinajstić information content (AvgIpc) is 3.06. The summed E-state index contributed by atoms with van der Waals surface area (Å²) in [7, 11) is -3.01. The van der Waals surface area contributed by atoms with E-state index < -0.39 is 25.9 Å². The van der Waals surface area contributed by atoms with Gasteiger partial charge in [0.25, 0.3) is 0 Å². The number of hydrogen-bond acceptors (Lipinski definition) is 6. The Morgan fingerprint density at radius 1 is 0.879 bits per heavy atom. The molecule has 3 aromatic rings. The highest BCUT2D eigenvalue weighted by molar-refractivity contribution is 9.13. The van der Waals surface area contributed by atoms with Crippen molar-refractivity contribution in [3.05, 3.63) is 94.2 Å². The van der Waals surface area contributed by atoms with Gasteiger partial charge in [0, 0.05) is 23.1 Å². The van der Waals surface area contributed by atoms with Crippen LogP contribution in [0.2, 0.25) is 0 Å². The number of benzene rings is 3. The number of halogens is 1. The topological polar surface area (TPSA) is 78.9 Å². The predicted molar refractivity (Wildman–Crippen MR) is 129 cm³/mol. The minimum Gasteiger partial charge on any atom is -0.482 e. The summed E-state index contributed by atoms with van der Waals surface area (Å²) in [6.45, 7) is 0.458. The summed E-state index contributed by atoms with van der Waals surface area (Å²) in [6, 6.07) is 24.3. The molecular formula is C25H20BrO6P. The molecule has 0 saturated carbocycles. The van der Waals surface area contributed by atoms with Crippen molar-refractivity contribution in [3.8, 4) is 5.75 Å². The lowest BCUT2D eigenvalue weighted by Gasteiger charge is -2.14. The molecule has 0 spiro atoms. The third-order valence-corrected chi connectivity index (χ3v) is 9.86. The van der Waals surface area contributed by atoms with Gasteiger partial charge in [-0.25, -0.2) is 4.79 Å². The molecule has 0 N–H and O–H groups in total. The highest BCUT2D eigenvalue weighted by Gasteiger charge is 2.41. The highest BCUT2D eigenvalue weighted by Crippen LogP contribution is 2.63. The molecule has 1 atom stereocenters. The number of esters is 2. The zero-order valence-electron chi connectivity index (χ0n) is 17.7. The van der Waals surface area contributed by atoms with Crippen LogP contribution in [0.1, 0.15) is 18.1 Å². The van der Waals surface area contributed by atoms with E-state index in [1.165, 1.54) is 6.92 Å². The molecule has 4 rings (SSSR count). The molecule has 6 nitrogen and oxygen atoms in total. The second-order valence-corrected chi connectivity index (χ2v) is 11.3. The van der Waals surface area contributed by atoms with E-state index in [-0.39, 0.29) is 6.61 Å². The van der Waals surface area contributed by atoms with Crippen LogP contribution in [0.25, 0.3) is 5.57 Å². The fourth-order valence-corrected chi connectivity index (χ4v) is 7.90. The van der Waals surface area contributed by atoms with E-state index in [0.717, 1.165) is 27.3 Å². The van der Waals surface area contributed by atoms with Crippen LogP contribution in [0, 0.1) is 0 Å². The summed E-state index contributed by atoms with van der Waals surface area (Å²) in [5, 5.41) is 1.57. The Kier molecular flexibility index (Phi) is 6.82. The van der Waals surface area contributed by atoms with Crippen molar-refractivity contribution in [1.29, 1.82) is 0 Å². The summed E-state index contributed by atoms with van der Waals surface area (Å²) in [6.07, 6.45) is 0. The number of carbonyl (C=O) groups is 2. The first-order valence-corrected chi connectivity index (χ1v) is 12.6. The number of carbonyl (C=O) groups excluding carboxylic acids is 2. The lowest BCUT2D eigenvalue weighted by Crippen LogP contribution is -2.17. The van der Waals surface area contributed by atoms with Gasteiger partial charge in [-0.1, -0.05) is 66.7 Å². The van der Waals surface area contributed by atoms with Gasteiger partial charge in [0.1, 0.15) is 5.75 Å². The Labute approximate surface area is 199 Å². The summed E-state index contributed by atoms with van der Waals surface area (Å²) < 4.78 is 29.7. The number of hydrogen-bond donors (Lipinski definition) is 0. The Bertz CT molecular complexity index is 1270. The average molecular weight is 527 g/mol. The summed E-state index contributed by atoms with van der Waals surface area (Å²) >= 11 is 3.67. The van der Waals surface area contributed by atoms with Crippen LogP contribution >= 0.6 is 23.1 Å². The molecule has 1 aliphatic heterocycles. The van der Waals surface area contributed by atoms with Crippen molar-refractivity contribution < 1.29 is 28.4 Å². The maximum atomic E-state index is 14.3. The molecule has 168 valence electrons. The molecule has 0 aliphatic carbocycles. The summed E-state index contributed by atoms with van der Waals surface area (Å²) in [4.78, 5) is 22.4. The van der Waals surface area contributed by atoms with Crippen LogP contribution in [0.4, 0.5) is 0 Å². The molecule has 0 amide bonds. The molecule has 0 radical (unpaired) electrons. The maximum absolute atomic E-state index is 14.3. The van der Waals surface area contributed by atoms with Gasteiger partial charge in [-0.15, -0.1) is 0 Å². The molecule has 8 heteroatoms. The monoisotopic (exact) mass is 526 g/mol. The first kappa shape index (κ1) is 23.0. The molecule has 33 heavy (non-hydrogen) atoms. The van der Waals surface area contributed by atoms with Crippen LogP contribution in [-0.2, 0) is 23.6 Å². The van der Waals surface area contributed by atoms with Crippen molar-refractivity contribution in [2.45, 2.75) is 6.92 Å². The fraction of sp³-hybridized carbons (Fsp3) is 0.120. The lowest BCUT2D eigenvalue weighted by atomic mass is 10.00. The van der Waals surface area contributed by atoms with Gasteiger partial charge in [-0.2, -0.15) is 0 Å².